The average Bonchev–Trinajstić information content (AvgIpc) is 3.25. The van der Waals surface area contributed by atoms with Crippen LogP contribution in [0.2, 0.25) is 0 Å². The minimum atomic E-state index is -0.811. The van der Waals surface area contributed by atoms with Gasteiger partial charge in [0.15, 0.2) is 0 Å². The summed E-state index contributed by atoms with van der Waals surface area (Å²) in [6.45, 7) is 1.15. The van der Waals surface area contributed by atoms with Crippen molar-refractivity contribution in [2.75, 3.05) is 18.4 Å². The van der Waals surface area contributed by atoms with Crippen LogP contribution in [0, 0.1) is 5.41 Å². The largest absolute Gasteiger partial charge is 0.481 e. The van der Waals surface area contributed by atoms with E-state index in [1.807, 2.05) is 18.2 Å². The Morgan fingerprint density at radius 3 is 2.85 bits per heavy atom. The number of carboxylic acid groups (broad SMARTS) is 1. The van der Waals surface area contributed by atoms with Gasteiger partial charge in [0, 0.05) is 24.3 Å². The molecule has 1 saturated carbocycles. The lowest BCUT2D eigenvalue weighted by molar-refractivity contribution is -0.143. The van der Waals surface area contributed by atoms with Crippen LogP contribution in [0.4, 0.5) is 5.69 Å². The van der Waals surface area contributed by atoms with Crippen molar-refractivity contribution < 1.29 is 14.7 Å². The molecule has 0 bridgehead atoms. The molecule has 106 valence electrons. The average molecular weight is 274 g/mol. The van der Waals surface area contributed by atoms with Crippen LogP contribution < -0.4 is 10.6 Å². The second-order valence-electron chi connectivity index (χ2n) is 5.63. The number of carbonyl (C=O) groups is 2. The Bertz CT molecular complexity index is 564. The number of hydrogen-bond donors (Lipinski definition) is 3. The van der Waals surface area contributed by atoms with E-state index in [0.717, 1.165) is 30.6 Å². The number of aliphatic carboxylic acids is 1. The second kappa shape index (κ2) is 4.81. The predicted molar refractivity (Wildman–Crippen MR) is 74.9 cm³/mol. The lowest BCUT2D eigenvalue weighted by atomic mass is 9.97. The summed E-state index contributed by atoms with van der Waals surface area (Å²) in [6.07, 6.45) is 3.19. The molecule has 1 fully saturated rings. The van der Waals surface area contributed by atoms with Gasteiger partial charge < -0.3 is 15.7 Å². The van der Waals surface area contributed by atoms with E-state index in [2.05, 4.69) is 10.6 Å². The predicted octanol–water partition coefficient (Wildman–Crippen LogP) is 1.64. The molecule has 1 aliphatic heterocycles. The standard InChI is InChI=1S/C15H18N2O3/c18-13(17-9-15(6-7-15)14(19)20)11-3-1-5-12-10(11)4-2-8-16-12/h1,3,5,16H,2,4,6-9H2,(H,17,18)(H,19,20). The highest BCUT2D eigenvalue weighted by Crippen LogP contribution is 2.45. The molecule has 0 atom stereocenters. The van der Waals surface area contributed by atoms with Crippen LogP contribution in [0.3, 0.4) is 0 Å². The van der Waals surface area contributed by atoms with E-state index in [-0.39, 0.29) is 12.5 Å². The normalized spacial score (nSPS) is 18.6. The third-order valence-electron chi connectivity index (χ3n) is 4.23. The molecule has 0 unspecified atom stereocenters. The van der Waals surface area contributed by atoms with Crippen molar-refractivity contribution in [1.29, 1.82) is 0 Å². The summed E-state index contributed by atoms with van der Waals surface area (Å²) in [5, 5.41) is 15.2. The van der Waals surface area contributed by atoms with Crippen LogP contribution in [-0.4, -0.2) is 30.1 Å². The molecule has 5 nitrogen and oxygen atoms in total. The SMILES string of the molecule is O=C(NCC1(C(=O)O)CC1)c1cccc2c1CCCN2. The van der Waals surface area contributed by atoms with E-state index in [1.165, 1.54) is 0 Å². The van der Waals surface area contributed by atoms with Gasteiger partial charge in [-0.25, -0.2) is 0 Å². The van der Waals surface area contributed by atoms with E-state index in [9.17, 15) is 9.59 Å². The molecular weight excluding hydrogens is 256 g/mol. The number of carbonyl (C=O) groups excluding carboxylic acids is 1. The molecule has 1 aromatic rings. The monoisotopic (exact) mass is 274 g/mol. The summed E-state index contributed by atoms with van der Waals surface area (Å²) in [4.78, 5) is 23.4. The Kier molecular flexibility index (Phi) is 3.12. The van der Waals surface area contributed by atoms with Gasteiger partial charge in [-0.3, -0.25) is 9.59 Å². The van der Waals surface area contributed by atoms with Gasteiger partial charge in [0.2, 0.25) is 0 Å². The molecule has 1 heterocycles. The third-order valence-corrected chi connectivity index (χ3v) is 4.23. The first-order chi connectivity index (χ1) is 9.62. The lowest BCUT2D eigenvalue weighted by Gasteiger charge is -2.21. The smallest absolute Gasteiger partial charge is 0.311 e. The fraction of sp³-hybridized carbons (Fsp3) is 0.467. The van der Waals surface area contributed by atoms with E-state index < -0.39 is 11.4 Å². The molecule has 1 aromatic carbocycles. The van der Waals surface area contributed by atoms with Crippen molar-refractivity contribution in [1.82, 2.24) is 5.32 Å². The fourth-order valence-corrected chi connectivity index (χ4v) is 2.68. The fourth-order valence-electron chi connectivity index (χ4n) is 2.68. The van der Waals surface area contributed by atoms with Gasteiger partial charge in [-0.1, -0.05) is 6.07 Å². The van der Waals surface area contributed by atoms with Gasteiger partial charge in [-0.2, -0.15) is 0 Å². The van der Waals surface area contributed by atoms with Crippen LogP contribution in [-0.2, 0) is 11.2 Å². The van der Waals surface area contributed by atoms with Gasteiger partial charge >= 0.3 is 5.97 Å². The van der Waals surface area contributed by atoms with Crippen molar-refractivity contribution in [2.24, 2.45) is 5.41 Å². The Morgan fingerprint density at radius 2 is 2.15 bits per heavy atom. The van der Waals surface area contributed by atoms with Crippen molar-refractivity contribution in [2.45, 2.75) is 25.7 Å². The molecule has 3 rings (SSSR count). The quantitative estimate of drug-likeness (QED) is 0.780. The van der Waals surface area contributed by atoms with Crippen molar-refractivity contribution in [3.8, 4) is 0 Å². The van der Waals surface area contributed by atoms with Gasteiger partial charge in [-0.05, 0) is 43.4 Å². The van der Waals surface area contributed by atoms with Crippen LogP contribution in [0.5, 0.6) is 0 Å². The summed E-state index contributed by atoms with van der Waals surface area (Å²) in [6, 6.07) is 5.64. The van der Waals surface area contributed by atoms with Crippen molar-refractivity contribution in [3.63, 3.8) is 0 Å². The molecule has 0 saturated heterocycles. The number of nitrogens with one attached hydrogen (secondary N) is 2. The van der Waals surface area contributed by atoms with E-state index in [4.69, 9.17) is 5.11 Å². The Hall–Kier alpha value is -2.04. The Morgan fingerprint density at radius 1 is 1.35 bits per heavy atom. The maximum Gasteiger partial charge on any atom is 0.311 e. The molecule has 0 radical (unpaired) electrons. The van der Waals surface area contributed by atoms with E-state index in [0.29, 0.717) is 18.4 Å². The van der Waals surface area contributed by atoms with Crippen LogP contribution >= 0.6 is 0 Å². The summed E-state index contributed by atoms with van der Waals surface area (Å²) >= 11 is 0. The zero-order valence-corrected chi connectivity index (χ0v) is 11.2. The van der Waals surface area contributed by atoms with Gasteiger partial charge in [0.05, 0.1) is 5.41 Å². The summed E-state index contributed by atoms with van der Waals surface area (Å²) < 4.78 is 0. The molecule has 0 spiro atoms. The maximum atomic E-state index is 12.3. The minimum absolute atomic E-state index is 0.168. The molecule has 1 aliphatic carbocycles. The molecule has 0 aromatic heterocycles. The number of amides is 1. The van der Waals surface area contributed by atoms with Crippen LogP contribution in [0.15, 0.2) is 18.2 Å². The molecule has 1 amide bonds. The summed E-state index contributed by atoms with van der Waals surface area (Å²) in [7, 11) is 0. The first-order valence-electron chi connectivity index (χ1n) is 7.00. The summed E-state index contributed by atoms with van der Waals surface area (Å²) in [5.41, 5.74) is 2.00. The zero-order chi connectivity index (χ0) is 14.2. The molecule has 5 heteroatoms. The molecule has 2 aliphatic rings. The lowest BCUT2D eigenvalue weighted by Crippen LogP contribution is -2.35. The first-order valence-corrected chi connectivity index (χ1v) is 7.00. The second-order valence-corrected chi connectivity index (χ2v) is 5.63. The van der Waals surface area contributed by atoms with Gasteiger partial charge in [0.25, 0.3) is 5.91 Å². The highest BCUT2D eigenvalue weighted by molar-refractivity contribution is 5.97. The number of carboxylic acids is 1. The molecular formula is C15H18N2O3. The topological polar surface area (TPSA) is 78.4 Å². The van der Waals surface area contributed by atoms with Gasteiger partial charge in [0.1, 0.15) is 0 Å². The first kappa shape index (κ1) is 13.0. The minimum Gasteiger partial charge on any atom is -0.481 e. The van der Waals surface area contributed by atoms with Crippen LogP contribution in [0.25, 0.3) is 0 Å². The van der Waals surface area contributed by atoms with Crippen molar-refractivity contribution >= 4 is 17.6 Å². The van der Waals surface area contributed by atoms with Gasteiger partial charge in [-0.15, -0.1) is 0 Å². The summed E-state index contributed by atoms with van der Waals surface area (Å²) in [5.74, 6) is -0.979. The van der Waals surface area contributed by atoms with Crippen molar-refractivity contribution in [3.05, 3.63) is 29.3 Å². The number of fused-ring (bicyclic) bond motifs is 1. The number of benzene rings is 1. The Labute approximate surface area is 117 Å². The highest BCUT2D eigenvalue weighted by atomic mass is 16.4. The maximum absolute atomic E-state index is 12.3. The van der Waals surface area contributed by atoms with E-state index >= 15 is 0 Å². The molecule has 20 heavy (non-hydrogen) atoms. The third kappa shape index (κ3) is 2.24. The number of hydrogen-bond acceptors (Lipinski definition) is 3. The van der Waals surface area contributed by atoms with Crippen LogP contribution in [0.1, 0.15) is 35.2 Å². The number of anilines is 1. The zero-order valence-electron chi connectivity index (χ0n) is 11.2. The Balaban J connectivity index is 1.73. The van der Waals surface area contributed by atoms with E-state index in [1.54, 1.807) is 0 Å². The highest BCUT2D eigenvalue weighted by Gasteiger charge is 2.50. The number of rotatable bonds is 4. The molecule has 3 N–H and O–H groups in total.